The molecule has 1 aliphatic heterocycles. The van der Waals surface area contributed by atoms with E-state index in [1.807, 2.05) is 30.3 Å². The molecule has 0 spiro atoms. The Labute approximate surface area is 203 Å². The quantitative estimate of drug-likeness (QED) is 0.160. The molecule has 0 bridgehead atoms. The van der Waals surface area contributed by atoms with Gasteiger partial charge in [0.25, 0.3) is 11.8 Å². The zero-order valence-corrected chi connectivity index (χ0v) is 20.2. The van der Waals surface area contributed by atoms with Crippen LogP contribution in [0.2, 0.25) is 0 Å². The third-order valence-electron chi connectivity index (χ3n) is 5.73. The minimum Gasteiger partial charge on any atom is -0.462 e. The fourth-order valence-corrected chi connectivity index (χ4v) is 5.12. The number of thioether (sulfide) groups is 1. The second kappa shape index (κ2) is 10.7. The van der Waals surface area contributed by atoms with Crippen molar-refractivity contribution in [3.8, 4) is 0 Å². The Bertz CT molecular complexity index is 1240. The van der Waals surface area contributed by atoms with Gasteiger partial charge in [-0.1, -0.05) is 49.8 Å². The predicted molar refractivity (Wildman–Crippen MR) is 136 cm³/mol. The van der Waals surface area contributed by atoms with Crippen LogP contribution >= 0.6 is 11.8 Å². The van der Waals surface area contributed by atoms with Crippen molar-refractivity contribution in [2.45, 2.75) is 31.6 Å². The summed E-state index contributed by atoms with van der Waals surface area (Å²) in [6.45, 7) is 4.42. The van der Waals surface area contributed by atoms with Gasteiger partial charge in [-0.2, -0.15) is 0 Å². The highest BCUT2D eigenvalue weighted by Crippen LogP contribution is 2.36. The van der Waals surface area contributed by atoms with Crippen molar-refractivity contribution < 1.29 is 19.1 Å². The maximum absolute atomic E-state index is 13.2. The first-order valence-electron chi connectivity index (χ1n) is 11.5. The zero-order chi connectivity index (χ0) is 24.1. The second-order valence-electron chi connectivity index (χ2n) is 8.01. The maximum Gasteiger partial charge on any atom is 0.338 e. The molecule has 3 aromatic carbocycles. The van der Waals surface area contributed by atoms with E-state index in [0.29, 0.717) is 23.3 Å². The van der Waals surface area contributed by atoms with E-state index in [4.69, 9.17) is 4.74 Å². The highest BCUT2D eigenvalue weighted by molar-refractivity contribution is 7.99. The van der Waals surface area contributed by atoms with Crippen molar-refractivity contribution in [1.29, 1.82) is 0 Å². The Morgan fingerprint density at radius 1 is 0.971 bits per heavy atom. The van der Waals surface area contributed by atoms with Crippen molar-refractivity contribution >= 4 is 46.4 Å². The molecule has 1 heterocycles. The normalized spacial score (nSPS) is 13.2. The van der Waals surface area contributed by atoms with Crippen molar-refractivity contribution in [3.63, 3.8) is 0 Å². The number of imide groups is 1. The van der Waals surface area contributed by atoms with Crippen LogP contribution in [-0.4, -0.2) is 41.6 Å². The number of hydrogen-bond donors (Lipinski definition) is 0. The van der Waals surface area contributed by atoms with E-state index in [-0.39, 0.29) is 24.3 Å². The lowest BCUT2D eigenvalue weighted by Crippen LogP contribution is -2.40. The third kappa shape index (κ3) is 4.77. The first-order valence-corrected chi connectivity index (χ1v) is 12.5. The lowest BCUT2D eigenvalue weighted by molar-refractivity contribution is 0.0525. The summed E-state index contributed by atoms with van der Waals surface area (Å²) >= 11 is 1.77. The largest absolute Gasteiger partial charge is 0.462 e. The van der Waals surface area contributed by atoms with E-state index in [0.717, 1.165) is 39.8 Å². The van der Waals surface area contributed by atoms with Gasteiger partial charge in [0.1, 0.15) is 0 Å². The Balaban J connectivity index is 1.53. The number of nitrogens with zero attached hydrogens (tertiary/aromatic N) is 1. The molecule has 3 aromatic rings. The van der Waals surface area contributed by atoms with Crippen LogP contribution in [0.5, 0.6) is 0 Å². The zero-order valence-electron chi connectivity index (χ0n) is 19.4. The molecule has 4 rings (SSSR count). The molecule has 0 fully saturated rings. The summed E-state index contributed by atoms with van der Waals surface area (Å²) in [7, 11) is 0. The molecule has 5 nitrogen and oxygen atoms in total. The number of unbranched alkanes of at least 4 members (excludes halogenated alkanes) is 1. The van der Waals surface area contributed by atoms with Crippen LogP contribution in [0, 0.1) is 0 Å². The van der Waals surface area contributed by atoms with Gasteiger partial charge < -0.3 is 4.74 Å². The molecule has 1 aliphatic rings. The summed E-state index contributed by atoms with van der Waals surface area (Å²) < 4.78 is 5.00. The highest BCUT2D eigenvalue weighted by atomic mass is 32.2. The van der Waals surface area contributed by atoms with Gasteiger partial charge in [-0.05, 0) is 60.4 Å². The maximum atomic E-state index is 13.2. The Kier molecular flexibility index (Phi) is 7.48. The third-order valence-corrected chi connectivity index (χ3v) is 6.89. The number of esters is 1. The van der Waals surface area contributed by atoms with Gasteiger partial charge in [0.05, 0.1) is 12.2 Å². The van der Waals surface area contributed by atoms with Crippen molar-refractivity contribution in [1.82, 2.24) is 4.90 Å². The van der Waals surface area contributed by atoms with E-state index in [2.05, 4.69) is 6.92 Å². The molecule has 6 heteroatoms. The van der Waals surface area contributed by atoms with Gasteiger partial charge in [0.15, 0.2) is 0 Å². The number of carbonyl (C=O) groups excluding carboxylic acids is 3. The minimum absolute atomic E-state index is 0.167. The van der Waals surface area contributed by atoms with Crippen LogP contribution in [0.4, 0.5) is 0 Å². The summed E-state index contributed by atoms with van der Waals surface area (Å²) in [5, 5.41) is 1.73. The number of ether oxygens (including phenoxy) is 1. The number of rotatable bonds is 9. The van der Waals surface area contributed by atoms with Gasteiger partial charge in [0.2, 0.25) is 0 Å². The van der Waals surface area contributed by atoms with Crippen molar-refractivity contribution in [2.24, 2.45) is 0 Å². The first kappa shape index (κ1) is 23.8. The molecule has 2 amide bonds. The molecular weight excluding hydrogens is 446 g/mol. The fourth-order valence-electron chi connectivity index (χ4n) is 3.98. The van der Waals surface area contributed by atoms with Gasteiger partial charge >= 0.3 is 5.97 Å². The van der Waals surface area contributed by atoms with Gasteiger partial charge in [0, 0.05) is 28.0 Å². The monoisotopic (exact) mass is 473 g/mol. The molecule has 0 saturated heterocycles. The highest BCUT2D eigenvalue weighted by Gasteiger charge is 2.32. The summed E-state index contributed by atoms with van der Waals surface area (Å²) in [5.74, 6) is 0.0962. The molecule has 0 N–H and O–H groups in total. The lowest BCUT2D eigenvalue weighted by atomic mass is 9.94. The molecule has 0 atom stereocenters. The minimum atomic E-state index is -0.359. The molecular formula is C28H27NO4S. The van der Waals surface area contributed by atoms with E-state index in [1.165, 1.54) is 4.90 Å². The summed E-state index contributed by atoms with van der Waals surface area (Å²) in [6, 6.07) is 16.5. The first-order chi connectivity index (χ1) is 16.5. The smallest absolute Gasteiger partial charge is 0.338 e. The molecule has 174 valence electrons. The van der Waals surface area contributed by atoms with E-state index in [9.17, 15) is 14.4 Å². The number of benzene rings is 3. The van der Waals surface area contributed by atoms with Crippen molar-refractivity contribution in [2.75, 3.05) is 18.9 Å². The average Bonchev–Trinajstić information content (AvgIpc) is 2.85. The van der Waals surface area contributed by atoms with Crippen LogP contribution in [-0.2, 0) is 4.74 Å². The summed E-state index contributed by atoms with van der Waals surface area (Å²) in [6.07, 6.45) is 5.87. The SMILES string of the molecule is CCCCSc1ccc2c3c(cccc13)C(=O)N(C/C=C/c1ccc(C(=O)OCC)cc1)C2=O. The summed E-state index contributed by atoms with van der Waals surface area (Å²) in [4.78, 5) is 40.6. The van der Waals surface area contributed by atoms with E-state index >= 15 is 0 Å². The topological polar surface area (TPSA) is 63.7 Å². The fraction of sp³-hybridized carbons (Fsp3) is 0.250. The van der Waals surface area contributed by atoms with E-state index < -0.39 is 0 Å². The van der Waals surface area contributed by atoms with Gasteiger partial charge in [-0.15, -0.1) is 11.8 Å². The molecule has 0 unspecified atom stereocenters. The standard InChI is InChI=1S/C28H27NO4S/c1-3-5-18-34-24-16-15-23-25-21(24)9-6-10-22(25)26(30)29(27(23)31)17-7-8-19-11-13-20(14-12-19)28(32)33-4-2/h6-16H,3-5,17-18H2,1-2H3/b8-7+. The van der Waals surface area contributed by atoms with Crippen LogP contribution < -0.4 is 0 Å². The number of carbonyl (C=O) groups is 3. The second-order valence-corrected chi connectivity index (χ2v) is 9.14. The Hall–Kier alpha value is -3.38. The van der Waals surface area contributed by atoms with Crippen LogP contribution in [0.15, 0.2) is 65.6 Å². The van der Waals surface area contributed by atoms with Crippen LogP contribution in [0.3, 0.4) is 0 Å². The lowest BCUT2D eigenvalue weighted by Gasteiger charge is -2.27. The van der Waals surface area contributed by atoms with Gasteiger partial charge in [-0.25, -0.2) is 4.79 Å². The summed E-state index contributed by atoms with van der Waals surface area (Å²) in [5.41, 5.74) is 2.48. The Morgan fingerprint density at radius 2 is 1.71 bits per heavy atom. The average molecular weight is 474 g/mol. The molecule has 0 aromatic heterocycles. The molecule has 0 aliphatic carbocycles. The molecule has 0 saturated carbocycles. The number of hydrogen-bond acceptors (Lipinski definition) is 5. The molecule has 34 heavy (non-hydrogen) atoms. The van der Waals surface area contributed by atoms with E-state index in [1.54, 1.807) is 55.1 Å². The predicted octanol–water partition coefficient (Wildman–Crippen LogP) is 6.22. The van der Waals surface area contributed by atoms with Crippen LogP contribution in [0.25, 0.3) is 16.8 Å². The molecule has 0 radical (unpaired) electrons. The number of amides is 2. The van der Waals surface area contributed by atoms with Crippen molar-refractivity contribution in [3.05, 3.63) is 82.9 Å². The van der Waals surface area contributed by atoms with Crippen LogP contribution in [0.1, 0.15) is 63.3 Å². The van der Waals surface area contributed by atoms with Gasteiger partial charge in [-0.3, -0.25) is 14.5 Å². The Morgan fingerprint density at radius 3 is 2.41 bits per heavy atom.